The number of thiazole rings is 1. The molecule has 174 valence electrons. The van der Waals surface area contributed by atoms with Crippen molar-refractivity contribution >= 4 is 38.8 Å². The number of alkyl halides is 3. The van der Waals surface area contributed by atoms with Gasteiger partial charge in [0.25, 0.3) is 10.0 Å². The molecule has 2 aromatic carbocycles. The number of anilines is 1. The van der Waals surface area contributed by atoms with Gasteiger partial charge in [-0.1, -0.05) is 11.6 Å². The number of ether oxygens (including phenoxy) is 1. The Morgan fingerprint density at radius 1 is 1.15 bits per heavy atom. The normalized spacial score (nSPS) is 11.7. The van der Waals surface area contributed by atoms with E-state index in [0.717, 1.165) is 18.3 Å². The zero-order valence-electron chi connectivity index (χ0n) is 16.6. The Morgan fingerprint density at radius 2 is 1.91 bits per heavy atom. The van der Waals surface area contributed by atoms with E-state index in [-0.39, 0.29) is 48.7 Å². The van der Waals surface area contributed by atoms with Crippen molar-refractivity contribution in [2.45, 2.75) is 11.2 Å². The van der Waals surface area contributed by atoms with E-state index in [1.54, 1.807) is 0 Å². The first kappa shape index (κ1) is 23.6. The summed E-state index contributed by atoms with van der Waals surface area (Å²) in [5, 5.41) is 14.8. The summed E-state index contributed by atoms with van der Waals surface area (Å²) in [7, 11) is -4.02. The fourth-order valence-electron chi connectivity index (χ4n) is 2.83. The molecule has 4 rings (SSSR count). The molecule has 2 aromatic heterocycles. The Bertz CT molecular complexity index is 1500. The van der Waals surface area contributed by atoms with Crippen LogP contribution < -0.4 is 9.46 Å². The van der Waals surface area contributed by atoms with E-state index in [9.17, 15) is 26.9 Å². The van der Waals surface area contributed by atoms with Crippen LogP contribution in [0.5, 0.6) is 11.5 Å². The summed E-state index contributed by atoms with van der Waals surface area (Å²) < 4.78 is 71.9. The maximum absolute atomic E-state index is 12.9. The van der Waals surface area contributed by atoms with Crippen LogP contribution in [0.25, 0.3) is 11.3 Å². The number of halogens is 4. The molecule has 0 aliphatic rings. The standard InChI is InChI=1S/C20H11ClF3N5O3S2/c21-13-1-3-18(15(8-13)16-5-6-29(27-16)20(22,23)24)32-17-4-2-14(7-12(17)9-25)34(30,31)28-19-10-33-11-26-19/h1-8,10-11,28H. The van der Waals surface area contributed by atoms with E-state index in [1.165, 1.54) is 52.6 Å². The van der Waals surface area contributed by atoms with Crippen molar-refractivity contribution in [1.82, 2.24) is 14.8 Å². The molecule has 0 atom stereocenters. The molecule has 14 heteroatoms. The monoisotopic (exact) mass is 525 g/mol. The van der Waals surface area contributed by atoms with Crippen molar-refractivity contribution in [3.05, 3.63) is 70.1 Å². The maximum atomic E-state index is 12.9. The van der Waals surface area contributed by atoms with Crippen LogP contribution in [-0.4, -0.2) is 23.2 Å². The van der Waals surface area contributed by atoms with Crippen molar-refractivity contribution in [2.75, 3.05) is 4.72 Å². The molecule has 0 aliphatic carbocycles. The molecule has 0 radical (unpaired) electrons. The lowest BCUT2D eigenvalue weighted by Crippen LogP contribution is -2.16. The van der Waals surface area contributed by atoms with Gasteiger partial charge in [-0.05, 0) is 42.5 Å². The summed E-state index contributed by atoms with van der Waals surface area (Å²) in [6, 6.07) is 10.8. The van der Waals surface area contributed by atoms with E-state index in [4.69, 9.17) is 16.3 Å². The largest absolute Gasteiger partial charge is 0.504 e. The third-order valence-corrected chi connectivity index (χ3v) is 6.51. The highest BCUT2D eigenvalue weighted by Gasteiger charge is 2.32. The highest BCUT2D eigenvalue weighted by atomic mass is 35.5. The van der Waals surface area contributed by atoms with Crippen molar-refractivity contribution < 1.29 is 26.3 Å². The van der Waals surface area contributed by atoms with Gasteiger partial charge in [0.15, 0.2) is 5.82 Å². The molecule has 0 unspecified atom stereocenters. The van der Waals surface area contributed by atoms with Gasteiger partial charge in [0.1, 0.15) is 17.6 Å². The van der Waals surface area contributed by atoms with Gasteiger partial charge in [0.05, 0.1) is 21.7 Å². The molecular weight excluding hydrogens is 515 g/mol. The van der Waals surface area contributed by atoms with Crippen LogP contribution in [0.4, 0.5) is 19.0 Å². The minimum absolute atomic E-state index is 0.0195. The van der Waals surface area contributed by atoms with Crippen LogP contribution in [0.15, 0.2) is 64.4 Å². The molecule has 2 heterocycles. The van der Waals surface area contributed by atoms with Crippen LogP contribution in [0.1, 0.15) is 5.56 Å². The summed E-state index contributed by atoms with van der Waals surface area (Å²) in [5.74, 6) is 0.173. The number of nitrogens with one attached hydrogen (secondary N) is 1. The molecule has 0 amide bonds. The predicted octanol–water partition coefficient (Wildman–Crippen LogP) is 5.60. The molecule has 4 aromatic rings. The van der Waals surface area contributed by atoms with Crippen LogP contribution in [0.3, 0.4) is 0 Å². The highest BCUT2D eigenvalue weighted by molar-refractivity contribution is 7.92. The van der Waals surface area contributed by atoms with Gasteiger partial charge < -0.3 is 4.74 Å². The van der Waals surface area contributed by atoms with Crippen molar-refractivity contribution in [1.29, 1.82) is 5.26 Å². The van der Waals surface area contributed by atoms with Gasteiger partial charge in [-0.2, -0.15) is 15.0 Å². The molecule has 0 fully saturated rings. The van der Waals surface area contributed by atoms with E-state index in [2.05, 4.69) is 14.8 Å². The molecule has 0 aliphatic heterocycles. The Labute approximate surface area is 199 Å². The molecule has 0 bridgehead atoms. The summed E-state index contributed by atoms with van der Waals surface area (Å²) >= 11 is 7.21. The molecule has 0 spiro atoms. The van der Waals surface area contributed by atoms with Gasteiger partial charge in [0.2, 0.25) is 0 Å². The first-order valence-electron chi connectivity index (χ1n) is 9.12. The summed E-state index contributed by atoms with van der Waals surface area (Å²) in [6.45, 7) is 0. The smallest absolute Gasteiger partial charge is 0.455 e. The fourth-order valence-corrected chi connectivity index (χ4v) is 4.59. The van der Waals surface area contributed by atoms with Crippen LogP contribution in [0, 0.1) is 11.3 Å². The summed E-state index contributed by atoms with van der Waals surface area (Å²) in [6.07, 6.45) is -3.96. The SMILES string of the molecule is N#Cc1cc(S(=O)(=O)Nc2cscn2)ccc1Oc1ccc(Cl)cc1-c1ccn(C(F)(F)F)n1. The molecule has 0 saturated heterocycles. The average molecular weight is 526 g/mol. The summed E-state index contributed by atoms with van der Waals surface area (Å²) in [4.78, 5) is 3.65. The third-order valence-electron chi connectivity index (χ3n) is 4.34. The minimum Gasteiger partial charge on any atom is -0.455 e. The van der Waals surface area contributed by atoms with Gasteiger partial charge >= 0.3 is 6.30 Å². The topological polar surface area (TPSA) is 110 Å². The van der Waals surface area contributed by atoms with Gasteiger partial charge in [-0.25, -0.2) is 13.4 Å². The molecule has 34 heavy (non-hydrogen) atoms. The first-order valence-corrected chi connectivity index (χ1v) is 11.9. The fraction of sp³-hybridized carbons (Fsp3) is 0.0500. The van der Waals surface area contributed by atoms with Gasteiger partial charge in [0, 0.05) is 22.2 Å². The number of rotatable bonds is 6. The van der Waals surface area contributed by atoms with E-state index >= 15 is 0 Å². The second kappa shape index (κ2) is 8.98. The third kappa shape index (κ3) is 4.98. The minimum atomic E-state index is -4.71. The number of nitriles is 1. The Hall–Kier alpha value is -3.60. The van der Waals surface area contributed by atoms with Crippen LogP contribution in [0.2, 0.25) is 5.02 Å². The molecular formula is C20H11ClF3N5O3S2. The Morgan fingerprint density at radius 3 is 2.56 bits per heavy atom. The number of sulfonamides is 1. The average Bonchev–Trinajstić information content (AvgIpc) is 3.47. The van der Waals surface area contributed by atoms with E-state index in [1.807, 2.05) is 6.07 Å². The Kier molecular flexibility index (Phi) is 6.22. The molecule has 8 nitrogen and oxygen atoms in total. The second-order valence-electron chi connectivity index (χ2n) is 6.60. The Balaban J connectivity index is 1.68. The first-order chi connectivity index (χ1) is 16.1. The lowest BCUT2D eigenvalue weighted by atomic mass is 10.1. The van der Waals surface area contributed by atoms with Crippen LogP contribution in [-0.2, 0) is 16.3 Å². The van der Waals surface area contributed by atoms with Gasteiger partial charge in [-0.15, -0.1) is 24.5 Å². The van der Waals surface area contributed by atoms with Gasteiger partial charge in [-0.3, -0.25) is 4.72 Å². The molecule has 1 N–H and O–H groups in total. The zero-order valence-corrected chi connectivity index (χ0v) is 19.0. The van der Waals surface area contributed by atoms with E-state index < -0.39 is 16.3 Å². The quantitative estimate of drug-likeness (QED) is 0.351. The zero-order chi connectivity index (χ0) is 24.5. The number of hydrogen-bond acceptors (Lipinski definition) is 7. The number of benzene rings is 2. The van der Waals surface area contributed by atoms with E-state index in [0.29, 0.717) is 0 Å². The van der Waals surface area contributed by atoms with Crippen LogP contribution >= 0.6 is 22.9 Å². The predicted molar refractivity (Wildman–Crippen MR) is 118 cm³/mol. The number of aromatic nitrogens is 3. The summed E-state index contributed by atoms with van der Waals surface area (Å²) in [5.41, 5.74) is 1.40. The van der Waals surface area contributed by atoms with Crippen molar-refractivity contribution in [3.8, 4) is 28.8 Å². The van der Waals surface area contributed by atoms with Crippen molar-refractivity contribution in [2.24, 2.45) is 0 Å². The van der Waals surface area contributed by atoms with Crippen molar-refractivity contribution in [3.63, 3.8) is 0 Å². The number of nitrogens with zero attached hydrogens (tertiary/aromatic N) is 4. The lowest BCUT2D eigenvalue weighted by Gasteiger charge is -2.13. The molecule has 0 saturated carbocycles. The lowest BCUT2D eigenvalue weighted by molar-refractivity contribution is -0.212. The second-order valence-corrected chi connectivity index (χ2v) is 9.44. The number of hydrogen-bond donors (Lipinski definition) is 1. The highest BCUT2D eigenvalue weighted by Crippen LogP contribution is 2.37. The maximum Gasteiger partial charge on any atom is 0.504 e.